The Hall–Kier alpha value is -1.25. The lowest BCUT2D eigenvalue weighted by molar-refractivity contribution is 0.111. The summed E-state index contributed by atoms with van der Waals surface area (Å²) in [5, 5.41) is 0. The molecular weight excluding hydrogens is 138 g/mol. The zero-order chi connectivity index (χ0) is 7.56. The molecular formula is C7H3F2O. The van der Waals surface area contributed by atoms with Gasteiger partial charge in [-0.2, -0.15) is 0 Å². The van der Waals surface area contributed by atoms with Crippen LogP contribution in [0.2, 0.25) is 0 Å². The van der Waals surface area contributed by atoms with Crippen molar-refractivity contribution in [2.24, 2.45) is 0 Å². The highest BCUT2D eigenvalue weighted by Gasteiger charge is 2.00. The highest BCUT2D eigenvalue weighted by molar-refractivity contribution is 5.74. The Morgan fingerprint density at radius 3 is 2.70 bits per heavy atom. The molecule has 0 aliphatic rings. The molecule has 0 N–H and O–H groups in total. The molecule has 3 heteroatoms. The summed E-state index contributed by atoms with van der Waals surface area (Å²) in [7, 11) is 0. The Balaban J connectivity index is 3.19. The Morgan fingerprint density at radius 1 is 1.50 bits per heavy atom. The minimum absolute atomic E-state index is 0.249. The summed E-state index contributed by atoms with van der Waals surface area (Å²) in [4.78, 5) is 9.94. The minimum atomic E-state index is -0.880. The third kappa shape index (κ3) is 1.18. The van der Waals surface area contributed by atoms with Crippen molar-refractivity contribution in [1.29, 1.82) is 0 Å². The van der Waals surface area contributed by atoms with Crippen LogP contribution in [0.5, 0.6) is 0 Å². The second kappa shape index (κ2) is 2.56. The molecule has 51 valence electrons. The van der Waals surface area contributed by atoms with Crippen LogP contribution in [-0.2, 0) is 0 Å². The summed E-state index contributed by atoms with van der Waals surface area (Å²) < 4.78 is 24.4. The predicted molar refractivity (Wildman–Crippen MR) is 30.6 cm³/mol. The fourth-order valence-corrected chi connectivity index (χ4v) is 0.546. The molecule has 0 unspecified atom stereocenters. The van der Waals surface area contributed by atoms with Crippen molar-refractivity contribution in [2.75, 3.05) is 0 Å². The molecule has 0 fully saturated rings. The molecule has 0 aromatic heterocycles. The van der Waals surface area contributed by atoms with Crippen LogP contribution in [0, 0.1) is 17.7 Å². The van der Waals surface area contributed by atoms with Gasteiger partial charge in [-0.05, 0) is 12.1 Å². The number of carbonyl (C=O) groups is 1. The van der Waals surface area contributed by atoms with Crippen LogP contribution in [0.3, 0.4) is 0 Å². The fraction of sp³-hybridized carbons (Fsp3) is 0. The molecule has 0 aliphatic heterocycles. The van der Waals surface area contributed by atoms with Gasteiger partial charge in [0.25, 0.3) is 0 Å². The van der Waals surface area contributed by atoms with Gasteiger partial charge in [-0.15, -0.1) is 0 Å². The first-order valence-electron chi connectivity index (χ1n) is 2.56. The third-order valence-electron chi connectivity index (χ3n) is 1.01. The van der Waals surface area contributed by atoms with Gasteiger partial charge in [-0.3, -0.25) is 4.79 Å². The second-order valence-corrected chi connectivity index (χ2v) is 1.70. The summed E-state index contributed by atoms with van der Waals surface area (Å²) in [5.41, 5.74) is -0.249. The quantitative estimate of drug-likeness (QED) is 0.542. The van der Waals surface area contributed by atoms with Crippen LogP contribution < -0.4 is 0 Å². The normalized spacial score (nSPS) is 9.40. The van der Waals surface area contributed by atoms with Crippen LogP contribution in [0.15, 0.2) is 12.1 Å². The molecule has 0 spiro atoms. The topological polar surface area (TPSA) is 17.1 Å². The van der Waals surface area contributed by atoms with Crippen LogP contribution >= 0.6 is 0 Å². The lowest BCUT2D eigenvalue weighted by Crippen LogP contribution is -1.88. The van der Waals surface area contributed by atoms with Crippen molar-refractivity contribution in [2.45, 2.75) is 0 Å². The Morgan fingerprint density at radius 2 is 2.20 bits per heavy atom. The second-order valence-electron chi connectivity index (χ2n) is 1.70. The van der Waals surface area contributed by atoms with E-state index < -0.39 is 11.6 Å². The van der Waals surface area contributed by atoms with Crippen molar-refractivity contribution in [3.8, 4) is 0 Å². The lowest BCUT2D eigenvalue weighted by Gasteiger charge is -1.90. The monoisotopic (exact) mass is 141 g/mol. The number of hydrogen-bond donors (Lipinski definition) is 0. The average molecular weight is 141 g/mol. The van der Waals surface area contributed by atoms with E-state index in [0.29, 0.717) is 6.07 Å². The van der Waals surface area contributed by atoms with E-state index in [-0.39, 0.29) is 11.8 Å². The first kappa shape index (κ1) is 6.86. The lowest BCUT2D eigenvalue weighted by atomic mass is 10.2. The molecule has 1 aromatic carbocycles. The van der Waals surface area contributed by atoms with Crippen LogP contribution in [-0.4, -0.2) is 6.29 Å². The van der Waals surface area contributed by atoms with Gasteiger partial charge in [0.1, 0.15) is 11.6 Å². The predicted octanol–water partition coefficient (Wildman–Crippen LogP) is 1.58. The zero-order valence-corrected chi connectivity index (χ0v) is 4.90. The molecule has 1 aromatic rings. The van der Waals surface area contributed by atoms with Gasteiger partial charge in [0.2, 0.25) is 0 Å². The van der Waals surface area contributed by atoms with E-state index in [4.69, 9.17) is 0 Å². The zero-order valence-electron chi connectivity index (χ0n) is 4.90. The van der Waals surface area contributed by atoms with Gasteiger partial charge in [-0.25, -0.2) is 8.78 Å². The number of halogens is 2. The number of benzene rings is 1. The average Bonchev–Trinajstić information content (AvgIpc) is 1.88. The number of hydrogen-bond acceptors (Lipinski definition) is 1. The highest BCUT2D eigenvalue weighted by atomic mass is 19.1. The highest BCUT2D eigenvalue weighted by Crippen LogP contribution is 2.05. The van der Waals surface area contributed by atoms with Gasteiger partial charge >= 0.3 is 0 Å². The maximum atomic E-state index is 12.3. The van der Waals surface area contributed by atoms with Gasteiger partial charge in [-0.1, -0.05) is 0 Å². The van der Waals surface area contributed by atoms with E-state index in [9.17, 15) is 13.6 Å². The standard InChI is InChI=1S/C7H3F2O/c8-6-2-1-5(4-10)7(9)3-6/h2-4H. The van der Waals surface area contributed by atoms with Crippen LogP contribution in [0.1, 0.15) is 10.4 Å². The molecule has 1 rings (SSSR count). The molecule has 1 nitrogen and oxygen atoms in total. The maximum Gasteiger partial charge on any atom is 0.153 e. The molecule has 0 saturated heterocycles. The Labute approximate surface area is 56.3 Å². The largest absolute Gasteiger partial charge is 0.298 e. The molecule has 0 atom stereocenters. The fourth-order valence-electron chi connectivity index (χ4n) is 0.546. The maximum absolute atomic E-state index is 12.3. The Kier molecular flexibility index (Phi) is 1.76. The van der Waals surface area contributed by atoms with E-state index in [1.165, 1.54) is 0 Å². The summed E-state index contributed by atoms with van der Waals surface area (Å²) in [6.07, 6.45) is 0.286. The number of carbonyl (C=O) groups excluding carboxylic acids is 1. The van der Waals surface area contributed by atoms with E-state index >= 15 is 0 Å². The van der Waals surface area contributed by atoms with Crippen LogP contribution in [0.4, 0.5) is 8.78 Å². The van der Waals surface area contributed by atoms with Gasteiger partial charge in [0.05, 0.1) is 5.56 Å². The molecule has 0 amide bonds. The van der Waals surface area contributed by atoms with E-state index in [1.807, 2.05) is 0 Å². The van der Waals surface area contributed by atoms with Gasteiger partial charge < -0.3 is 0 Å². The number of aldehydes is 1. The summed E-state index contributed by atoms with van der Waals surface area (Å²) >= 11 is 0. The van der Waals surface area contributed by atoms with Crippen molar-refractivity contribution in [3.05, 3.63) is 35.4 Å². The van der Waals surface area contributed by atoms with E-state index in [0.717, 1.165) is 6.07 Å². The van der Waals surface area contributed by atoms with Crippen molar-refractivity contribution >= 4 is 6.29 Å². The summed E-state index contributed by atoms with van der Waals surface area (Å²) in [6, 6.07) is 3.69. The molecule has 0 aliphatic carbocycles. The first-order valence-corrected chi connectivity index (χ1v) is 2.56. The molecule has 0 saturated carbocycles. The smallest absolute Gasteiger partial charge is 0.153 e. The van der Waals surface area contributed by atoms with Gasteiger partial charge in [0, 0.05) is 6.07 Å². The van der Waals surface area contributed by atoms with Gasteiger partial charge in [0.15, 0.2) is 6.29 Å². The molecule has 0 bridgehead atoms. The van der Waals surface area contributed by atoms with Crippen molar-refractivity contribution in [3.63, 3.8) is 0 Å². The third-order valence-corrected chi connectivity index (χ3v) is 1.01. The van der Waals surface area contributed by atoms with Crippen molar-refractivity contribution < 1.29 is 13.6 Å². The van der Waals surface area contributed by atoms with Crippen molar-refractivity contribution in [1.82, 2.24) is 0 Å². The van der Waals surface area contributed by atoms with Crippen LogP contribution in [0.25, 0.3) is 0 Å². The molecule has 10 heavy (non-hydrogen) atoms. The first-order chi connectivity index (χ1) is 4.74. The minimum Gasteiger partial charge on any atom is -0.298 e. The molecule has 0 heterocycles. The Bertz CT molecular complexity index is 258. The van der Waals surface area contributed by atoms with E-state index in [1.54, 1.807) is 0 Å². The van der Waals surface area contributed by atoms with E-state index in [2.05, 4.69) is 6.07 Å². The SMILES string of the molecule is O=Cc1[c]cc(F)cc1F. The summed E-state index contributed by atoms with van der Waals surface area (Å²) in [5.74, 6) is -1.61. The molecule has 1 radical (unpaired) electrons. The summed E-state index contributed by atoms with van der Waals surface area (Å²) in [6.45, 7) is 0. The number of rotatable bonds is 1.